The summed E-state index contributed by atoms with van der Waals surface area (Å²) in [5.41, 5.74) is -1.84. The van der Waals surface area contributed by atoms with Gasteiger partial charge in [0.25, 0.3) is 5.91 Å². The molecule has 1 amide bonds. The summed E-state index contributed by atoms with van der Waals surface area (Å²) in [6.07, 6.45) is 2.74. The Morgan fingerprint density at radius 3 is 2.62 bits per heavy atom. The van der Waals surface area contributed by atoms with E-state index in [-0.39, 0.29) is 5.41 Å². The lowest BCUT2D eigenvalue weighted by Gasteiger charge is -2.14. The number of nitrogens with zero attached hydrogens (tertiary/aromatic N) is 1. The van der Waals surface area contributed by atoms with E-state index in [1.807, 2.05) is 0 Å². The first-order valence-corrected chi connectivity index (χ1v) is 7.49. The van der Waals surface area contributed by atoms with Crippen LogP contribution in [0.3, 0.4) is 0 Å². The molecule has 0 atom stereocenters. The first-order valence-electron chi connectivity index (χ1n) is 6.37. The summed E-state index contributed by atoms with van der Waals surface area (Å²) in [6, 6.07) is 1.43. The van der Waals surface area contributed by atoms with E-state index in [2.05, 4.69) is 21.2 Å². The number of hydrogen-bond acceptors (Lipinski definition) is 3. The standard InChI is InChI=1S/C13H13BrF2N2O3/c14-6-5-13(3-4-13)7-17-12(19)10-8(15)1-2-9(11(10)16)18(20)21/h1-2H,3-7H2,(H,17,19). The van der Waals surface area contributed by atoms with Gasteiger partial charge in [-0.1, -0.05) is 15.9 Å². The van der Waals surface area contributed by atoms with E-state index < -0.39 is 33.7 Å². The molecule has 2 rings (SSSR count). The Bertz CT molecular complexity index is 591. The molecule has 0 aliphatic heterocycles. The van der Waals surface area contributed by atoms with Crippen LogP contribution in [0.25, 0.3) is 0 Å². The first-order chi connectivity index (χ1) is 9.90. The van der Waals surface area contributed by atoms with Gasteiger partial charge in [0.1, 0.15) is 11.4 Å². The molecular formula is C13H13BrF2N2O3. The van der Waals surface area contributed by atoms with Crippen molar-refractivity contribution in [3.05, 3.63) is 39.4 Å². The van der Waals surface area contributed by atoms with Crippen LogP contribution in [0.4, 0.5) is 14.5 Å². The van der Waals surface area contributed by atoms with Crippen LogP contribution in [0.15, 0.2) is 12.1 Å². The third-order valence-electron chi connectivity index (χ3n) is 3.70. The molecule has 114 valence electrons. The van der Waals surface area contributed by atoms with Gasteiger partial charge >= 0.3 is 5.69 Å². The molecule has 1 saturated carbocycles. The molecular weight excluding hydrogens is 350 g/mol. The van der Waals surface area contributed by atoms with Gasteiger partial charge in [-0.25, -0.2) is 4.39 Å². The predicted molar refractivity (Wildman–Crippen MR) is 75.4 cm³/mol. The van der Waals surface area contributed by atoms with Crippen molar-refractivity contribution in [2.24, 2.45) is 5.41 Å². The summed E-state index contributed by atoms with van der Waals surface area (Å²) in [6.45, 7) is 0.305. The van der Waals surface area contributed by atoms with Gasteiger partial charge in [0, 0.05) is 17.9 Å². The van der Waals surface area contributed by atoms with E-state index in [0.29, 0.717) is 12.6 Å². The van der Waals surface area contributed by atoms with Crippen LogP contribution in [-0.2, 0) is 0 Å². The molecule has 1 aliphatic rings. The zero-order valence-electron chi connectivity index (χ0n) is 11.0. The molecule has 0 saturated heterocycles. The predicted octanol–water partition coefficient (Wildman–Crippen LogP) is 3.17. The molecule has 1 aromatic rings. The number of nitro benzene ring substituents is 1. The van der Waals surface area contributed by atoms with Crippen molar-refractivity contribution >= 4 is 27.5 Å². The fraction of sp³-hybridized carbons (Fsp3) is 0.462. The second kappa shape index (κ2) is 6.05. The lowest BCUT2D eigenvalue weighted by molar-refractivity contribution is -0.387. The minimum Gasteiger partial charge on any atom is -0.351 e. The number of carbonyl (C=O) groups is 1. The molecule has 8 heteroatoms. The molecule has 1 aromatic carbocycles. The molecule has 1 N–H and O–H groups in total. The minimum absolute atomic E-state index is 0.0210. The Morgan fingerprint density at radius 2 is 2.10 bits per heavy atom. The van der Waals surface area contributed by atoms with E-state index >= 15 is 0 Å². The zero-order valence-corrected chi connectivity index (χ0v) is 12.6. The van der Waals surface area contributed by atoms with Gasteiger partial charge in [0.2, 0.25) is 5.82 Å². The average molecular weight is 363 g/mol. The lowest BCUT2D eigenvalue weighted by Crippen LogP contribution is -2.31. The van der Waals surface area contributed by atoms with Gasteiger partial charge in [-0.3, -0.25) is 14.9 Å². The molecule has 1 fully saturated rings. The summed E-state index contributed by atoms with van der Waals surface area (Å²) < 4.78 is 27.5. The molecule has 0 radical (unpaired) electrons. The zero-order chi connectivity index (χ0) is 15.6. The highest BCUT2D eigenvalue weighted by Gasteiger charge is 2.42. The second-order valence-corrected chi connectivity index (χ2v) is 5.93. The number of nitro groups is 1. The number of carbonyl (C=O) groups excluding carboxylic acids is 1. The number of nitrogens with one attached hydrogen (secondary N) is 1. The number of halogens is 3. The van der Waals surface area contributed by atoms with E-state index in [1.54, 1.807) is 0 Å². The topological polar surface area (TPSA) is 72.2 Å². The Balaban J connectivity index is 2.16. The van der Waals surface area contributed by atoms with Crippen LogP contribution in [0.5, 0.6) is 0 Å². The summed E-state index contributed by atoms with van der Waals surface area (Å²) in [5.74, 6) is -3.52. The van der Waals surface area contributed by atoms with Crippen molar-refractivity contribution in [2.75, 3.05) is 11.9 Å². The van der Waals surface area contributed by atoms with Crippen LogP contribution in [0, 0.1) is 27.2 Å². The number of benzene rings is 1. The van der Waals surface area contributed by atoms with Crippen LogP contribution in [-0.4, -0.2) is 22.7 Å². The third-order valence-corrected chi connectivity index (χ3v) is 4.10. The monoisotopic (exact) mass is 362 g/mol. The van der Waals surface area contributed by atoms with Gasteiger partial charge in [0.15, 0.2) is 0 Å². The highest BCUT2D eigenvalue weighted by Crippen LogP contribution is 2.48. The molecule has 0 bridgehead atoms. The average Bonchev–Trinajstić information content (AvgIpc) is 3.17. The summed E-state index contributed by atoms with van der Waals surface area (Å²) in [4.78, 5) is 21.6. The van der Waals surface area contributed by atoms with Gasteiger partial charge in [-0.2, -0.15) is 4.39 Å². The summed E-state index contributed by atoms with van der Waals surface area (Å²) in [7, 11) is 0. The Kier molecular flexibility index (Phi) is 4.55. The molecule has 0 spiro atoms. The fourth-order valence-corrected chi connectivity index (χ4v) is 2.98. The number of hydrogen-bond donors (Lipinski definition) is 1. The number of amides is 1. The summed E-state index contributed by atoms with van der Waals surface area (Å²) >= 11 is 3.32. The fourth-order valence-electron chi connectivity index (χ4n) is 2.14. The van der Waals surface area contributed by atoms with Gasteiger partial charge in [-0.05, 0) is 30.7 Å². The quantitative estimate of drug-likeness (QED) is 0.479. The SMILES string of the molecule is O=C(NCC1(CCBr)CC1)c1c(F)ccc([N+](=O)[O-])c1F. The van der Waals surface area contributed by atoms with Crippen LogP contribution in [0.1, 0.15) is 29.6 Å². The van der Waals surface area contributed by atoms with Crippen molar-refractivity contribution in [2.45, 2.75) is 19.3 Å². The summed E-state index contributed by atoms with van der Waals surface area (Å²) in [5, 5.41) is 13.9. The lowest BCUT2D eigenvalue weighted by atomic mass is 10.0. The van der Waals surface area contributed by atoms with Crippen LogP contribution in [0.2, 0.25) is 0 Å². The van der Waals surface area contributed by atoms with Crippen molar-refractivity contribution in [3.63, 3.8) is 0 Å². The van der Waals surface area contributed by atoms with Crippen molar-refractivity contribution in [3.8, 4) is 0 Å². The van der Waals surface area contributed by atoms with Crippen molar-refractivity contribution < 1.29 is 18.5 Å². The van der Waals surface area contributed by atoms with Crippen molar-refractivity contribution in [1.29, 1.82) is 0 Å². The third kappa shape index (κ3) is 3.37. The van der Waals surface area contributed by atoms with Gasteiger partial charge < -0.3 is 5.32 Å². The molecule has 0 unspecified atom stereocenters. The Hall–Kier alpha value is -1.57. The van der Waals surface area contributed by atoms with E-state index in [1.165, 1.54) is 0 Å². The molecule has 5 nitrogen and oxygen atoms in total. The smallest absolute Gasteiger partial charge is 0.305 e. The second-order valence-electron chi connectivity index (χ2n) is 5.13. The highest BCUT2D eigenvalue weighted by molar-refractivity contribution is 9.09. The Labute approximate surface area is 128 Å². The highest BCUT2D eigenvalue weighted by atomic mass is 79.9. The molecule has 0 heterocycles. The molecule has 1 aliphatic carbocycles. The maximum absolute atomic E-state index is 13.9. The van der Waals surface area contributed by atoms with Crippen LogP contribution < -0.4 is 5.32 Å². The minimum atomic E-state index is -1.44. The van der Waals surface area contributed by atoms with Crippen LogP contribution >= 0.6 is 15.9 Å². The van der Waals surface area contributed by atoms with E-state index in [0.717, 1.165) is 30.7 Å². The number of alkyl halides is 1. The Morgan fingerprint density at radius 1 is 1.43 bits per heavy atom. The van der Waals surface area contributed by atoms with E-state index in [9.17, 15) is 23.7 Å². The normalized spacial score (nSPS) is 15.6. The maximum atomic E-state index is 13.9. The first kappa shape index (κ1) is 15.8. The molecule has 0 aromatic heterocycles. The maximum Gasteiger partial charge on any atom is 0.305 e. The van der Waals surface area contributed by atoms with E-state index in [4.69, 9.17) is 0 Å². The van der Waals surface area contributed by atoms with Gasteiger partial charge in [0.05, 0.1) is 4.92 Å². The largest absolute Gasteiger partial charge is 0.351 e. The van der Waals surface area contributed by atoms with Gasteiger partial charge in [-0.15, -0.1) is 0 Å². The molecule has 21 heavy (non-hydrogen) atoms. The van der Waals surface area contributed by atoms with Crippen molar-refractivity contribution in [1.82, 2.24) is 5.32 Å². The number of rotatable bonds is 6.